The van der Waals surface area contributed by atoms with Crippen LogP contribution in [0.25, 0.3) is 10.8 Å². The molecule has 2 aliphatic heterocycles. The van der Waals surface area contributed by atoms with Gasteiger partial charge in [0.1, 0.15) is 5.82 Å². The predicted octanol–water partition coefficient (Wildman–Crippen LogP) is 4.98. The minimum atomic E-state index is 0.0201. The Morgan fingerprint density at radius 2 is 1.95 bits per heavy atom. The highest BCUT2D eigenvalue weighted by molar-refractivity contribution is 6.36. The van der Waals surface area contributed by atoms with Gasteiger partial charge in [-0.25, -0.2) is 0 Å². The highest BCUT2D eigenvalue weighted by Crippen LogP contribution is 2.46. The van der Waals surface area contributed by atoms with Crippen LogP contribution in [0.5, 0.6) is 6.01 Å². The molecule has 1 saturated carbocycles. The summed E-state index contributed by atoms with van der Waals surface area (Å²) in [6.07, 6.45) is 3.47. The number of nitriles is 1. The number of aromatic nitrogens is 2. The van der Waals surface area contributed by atoms with E-state index in [0.717, 1.165) is 78.4 Å². The first-order chi connectivity index (χ1) is 19.5. The van der Waals surface area contributed by atoms with E-state index in [9.17, 15) is 5.26 Å². The number of piperazine rings is 1. The Kier molecular flexibility index (Phi) is 7.71. The van der Waals surface area contributed by atoms with Gasteiger partial charge in [-0.15, -0.1) is 0 Å². The molecule has 0 spiro atoms. The molecule has 6 rings (SSSR count). The van der Waals surface area contributed by atoms with Crippen molar-refractivity contribution in [2.24, 2.45) is 11.3 Å². The van der Waals surface area contributed by atoms with Crippen molar-refractivity contribution < 1.29 is 9.47 Å². The number of ether oxygens (including phenoxy) is 2. The lowest BCUT2D eigenvalue weighted by Gasteiger charge is -2.45. The molecular formula is C31H37ClN6O2. The van der Waals surface area contributed by atoms with Gasteiger partial charge in [0, 0.05) is 61.4 Å². The molecule has 1 aliphatic carbocycles. The zero-order valence-electron chi connectivity index (χ0n) is 23.3. The number of hydrogen-bond donors (Lipinski definition) is 1. The number of nitrogens with one attached hydrogen (secondary N) is 1. The maximum absolute atomic E-state index is 9.30. The van der Waals surface area contributed by atoms with Gasteiger partial charge in [-0.2, -0.15) is 15.2 Å². The summed E-state index contributed by atoms with van der Waals surface area (Å²) in [5.74, 6) is 1.63. The van der Waals surface area contributed by atoms with Crippen molar-refractivity contribution >= 4 is 33.9 Å². The Bertz CT molecular complexity index is 1410. The lowest BCUT2D eigenvalue weighted by molar-refractivity contribution is -0.0511. The molecule has 3 heterocycles. The van der Waals surface area contributed by atoms with E-state index in [4.69, 9.17) is 31.0 Å². The number of anilines is 2. The normalized spacial score (nSPS) is 24.4. The van der Waals surface area contributed by atoms with Crippen LogP contribution in [0.2, 0.25) is 5.02 Å². The Balaban J connectivity index is 1.33. The van der Waals surface area contributed by atoms with Gasteiger partial charge in [-0.05, 0) is 42.7 Å². The smallest absolute Gasteiger partial charge is 0.318 e. The number of benzene rings is 2. The topological polar surface area (TPSA) is 86.5 Å². The van der Waals surface area contributed by atoms with Crippen LogP contribution in [0.4, 0.5) is 11.5 Å². The van der Waals surface area contributed by atoms with Crippen LogP contribution < -0.4 is 19.9 Å². The van der Waals surface area contributed by atoms with Gasteiger partial charge in [0.25, 0.3) is 0 Å². The molecular weight excluding hydrogens is 524 g/mol. The maximum Gasteiger partial charge on any atom is 0.318 e. The van der Waals surface area contributed by atoms with Crippen molar-refractivity contribution in [2.75, 3.05) is 56.3 Å². The zero-order valence-corrected chi connectivity index (χ0v) is 24.1. The molecule has 0 bridgehead atoms. The number of hydrogen-bond acceptors (Lipinski definition) is 8. The molecule has 0 amide bonds. The van der Waals surface area contributed by atoms with Crippen LogP contribution in [-0.4, -0.2) is 62.5 Å². The van der Waals surface area contributed by atoms with Crippen LogP contribution in [-0.2, 0) is 17.7 Å². The standard InChI is InChI=1S/C31H37ClN6O2/c1-21-15-31(16-21,19-39-2)20-40-30-35-26-18-37(27-8-4-6-22-5-3-7-25(32)28(22)27)13-10-24(26)29(36-30)38-14-12-34-23(17-38)9-11-33/h3-8,21,23,34H,9-10,12-20H2,1-2H3/t21?,23-,31?/m0/s1. The first kappa shape index (κ1) is 27.1. The maximum atomic E-state index is 9.30. The molecule has 8 nitrogen and oxygen atoms in total. The molecule has 0 unspecified atom stereocenters. The van der Waals surface area contributed by atoms with Crippen molar-refractivity contribution in [1.29, 1.82) is 5.26 Å². The van der Waals surface area contributed by atoms with Gasteiger partial charge >= 0.3 is 6.01 Å². The average Bonchev–Trinajstić information content (AvgIpc) is 2.95. The third-order valence-corrected chi connectivity index (χ3v) is 8.92. The van der Waals surface area contributed by atoms with E-state index in [0.29, 0.717) is 38.1 Å². The Morgan fingerprint density at radius 3 is 2.73 bits per heavy atom. The van der Waals surface area contributed by atoms with Crippen LogP contribution in [0.3, 0.4) is 0 Å². The number of methoxy groups -OCH3 is 1. The molecule has 3 aliphatic rings. The second-order valence-electron chi connectivity index (χ2n) is 11.7. The molecule has 9 heteroatoms. The summed E-state index contributed by atoms with van der Waals surface area (Å²) in [5.41, 5.74) is 3.31. The number of fused-ring (bicyclic) bond motifs is 2. The van der Waals surface area contributed by atoms with Gasteiger partial charge in [-0.1, -0.05) is 42.8 Å². The summed E-state index contributed by atoms with van der Waals surface area (Å²) >= 11 is 6.69. The molecule has 40 heavy (non-hydrogen) atoms. The number of rotatable bonds is 8. The van der Waals surface area contributed by atoms with E-state index < -0.39 is 0 Å². The molecule has 210 valence electrons. The van der Waals surface area contributed by atoms with Crippen molar-refractivity contribution in [1.82, 2.24) is 15.3 Å². The SMILES string of the molecule is COCC1(COc2nc3c(c(N4CCN[C@@H](CC#N)C4)n2)CCN(c2cccc4cccc(Cl)c24)C3)CC(C)C1. The Labute approximate surface area is 241 Å². The second-order valence-corrected chi connectivity index (χ2v) is 12.1. The lowest BCUT2D eigenvalue weighted by Crippen LogP contribution is -2.51. The summed E-state index contributed by atoms with van der Waals surface area (Å²) in [6, 6.07) is 15.3. The van der Waals surface area contributed by atoms with Crippen molar-refractivity contribution in [3.63, 3.8) is 0 Å². The third kappa shape index (κ3) is 5.30. The number of nitrogens with zero attached hydrogens (tertiary/aromatic N) is 5. The molecule has 1 N–H and O–H groups in total. The van der Waals surface area contributed by atoms with Crippen molar-refractivity contribution in [2.45, 2.75) is 45.2 Å². The van der Waals surface area contributed by atoms with E-state index in [1.165, 1.54) is 5.56 Å². The lowest BCUT2D eigenvalue weighted by atomic mass is 9.63. The fourth-order valence-corrected chi connectivity index (χ4v) is 7.22. The summed E-state index contributed by atoms with van der Waals surface area (Å²) < 4.78 is 11.9. The van der Waals surface area contributed by atoms with E-state index in [1.54, 1.807) is 7.11 Å². The monoisotopic (exact) mass is 560 g/mol. The van der Waals surface area contributed by atoms with Crippen LogP contribution in [0, 0.1) is 22.7 Å². The van der Waals surface area contributed by atoms with E-state index in [-0.39, 0.29) is 11.5 Å². The Hall–Kier alpha value is -3.12. The molecule has 1 atom stereocenters. The van der Waals surface area contributed by atoms with Crippen LogP contribution in [0.1, 0.15) is 37.4 Å². The quantitative estimate of drug-likeness (QED) is 0.413. The summed E-state index contributed by atoms with van der Waals surface area (Å²) in [6.45, 7) is 7.39. The van der Waals surface area contributed by atoms with E-state index in [1.807, 2.05) is 12.1 Å². The molecule has 2 aromatic carbocycles. The molecule has 1 saturated heterocycles. The van der Waals surface area contributed by atoms with Crippen LogP contribution in [0.15, 0.2) is 36.4 Å². The second kappa shape index (κ2) is 11.4. The minimum absolute atomic E-state index is 0.0201. The third-order valence-electron chi connectivity index (χ3n) is 8.61. The van der Waals surface area contributed by atoms with Gasteiger partial charge in [0.15, 0.2) is 0 Å². The Morgan fingerprint density at radius 1 is 1.12 bits per heavy atom. The first-order valence-corrected chi connectivity index (χ1v) is 14.7. The summed E-state index contributed by atoms with van der Waals surface area (Å²) in [5, 5.41) is 15.7. The van der Waals surface area contributed by atoms with Gasteiger partial charge in [0.05, 0.1) is 43.0 Å². The molecule has 1 aromatic heterocycles. The van der Waals surface area contributed by atoms with E-state index in [2.05, 4.69) is 52.4 Å². The molecule has 3 aromatic rings. The van der Waals surface area contributed by atoms with Crippen molar-refractivity contribution in [3.05, 3.63) is 52.7 Å². The predicted molar refractivity (Wildman–Crippen MR) is 158 cm³/mol. The number of halogens is 1. The largest absolute Gasteiger partial charge is 0.463 e. The summed E-state index contributed by atoms with van der Waals surface area (Å²) in [4.78, 5) is 14.7. The average molecular weight is 561 g/mol. The minimum Gasteiger partial charge on any atom is -0.463 e. The molecule has 0 radical (unpaired) electrons. The highest BCUT2D eigenvalue weighted by atomic mass is 35.5. The van der Waals surface area contributed by atoms with E-state index >= 15 is 0 Å². The van der Waals surface area contributed by atoms with Crippen LogP contribution >= 0.6 is 11.6 Å². The zero-order chi connectivity index (χ0) is 27.7. The van der Waals surface area contributed by atoms with Gasteiger partial charge < -0.3 is 24.6 Å². The fourth-order valence-electron chi connectivity index (χ4n) is 6.94. The van der Waals surface area contributed by atoms with Gasteiger partial charge in [-0.3, -0.25) is 0 Å². The fraction of sp³-hybridized carbons (Fsp3) is 0.516. The summed E-state index contributed by atoms with van der Waals surface area (Å²) in [7, 11) is 1.76. The molecule has 2 fully saturated rings. The van der Waals surface area contributed by atoms with Crippen molar-refractivity contribution in [3.8, 4) is 12.1 Å². The highest BCUT2D eigenvalue weighted by Gasteiger charge is 2.43. The van der Waals surface area contributed by atoms with Gasteiger partial charge in [0.2, 0.25) is 0 Å². The first-order valence-electron chi connectivity index (χ1n) is 14.3.